The molecule has 3 rings (SSSR count). The van der Waals surface area contributed by atoms with Gasteiger partial charge in [0.15, 0.2) is 5.76 Å². The maximum atomic E-state index is 12.7. The number of hydrogen-bond donors (Lipinski definition) is 2. The Morgan fingerprint density at radius 3 is 2.65 bits per heavy atom. The molecule has 178 valence electrons. The number of carbonyl (C=O) groups is 3. The maximum absolute atomic E-state index is 12.7. The number of ether oxygens (including phenoxy) is 2. The van der Waals surface area contributed by atoms with Gasteiger partial charge in [-0.05, 0) is 37.6 Å². The summed E-state index contributed by atoms with van der Waals surface area (Å²) in [5.41, 5.74) is 5.50. The van der Waals surface area contributed by atoms with Gasteiger partial charge in [-0.2, -0.15) is 0 Å². The van der Waals surface area contributed by atoms with Crippen molar-refractivity contribution in [2.45, 2.75) is 20.5 Å². The van der Waals surface area contributed by atoms with Crippen LogP contribution < -0.4 is 15.8 Å². The normalized spacial score (nSPS) is 10.6. The number of halogens is 1. The molecule has 2 heterocycles. The minimum atomic E-state index is -0.745. The van der Waals surface area contributed by atoms with Crippen LogP contribution in [-0.2, 0) is 11.3 Å². The monoisotopic (exact) mass is 507 g/mol. The fraction of sp³-hybridized carbons (Fsp3) is 0.190. The number of benzene rings is 1. The number of rotatable bonds is 9. The molecule has 0 aliphatic rings. The lowest BCUT2D eigenvalue weighted by molar-refractivity contribution is -0.384. The van der Waals surface area contributed by atoms with Crippen molar-refractivity contribution in [1.29, 1.82) is 0 Å². The largest absolute Gasteiger partial charge is 0.484 e. The lowest BCUT2D eigenvalue weighted by atomic mass is 10.1. The van der Waals surface area contributed by atoms with E-state index in [9.17, 15) is 24.5 Å². The Kier molecular flexibility index (Phi) is 7.54. The van der Waals surface area contributed by atoms with Gasteiger partial charge in [-0.25, -0.2) is 4.79 Å². The van der Waals surface area contributed by atoms with Gasteiger partial charge in [-0.1, -0.05) is 11.6 Å². The highest BCUT2D eigenvalue weighted by molar-refractivity contribution is 7.18. The van der Waals surface area contributed by atoms with Gasteiger partial charge >= 0.3 is 5.97 Å². The van der Waals surface area contributed by atoms with E-state index in [1.807, 2.05) is 0 Å². The van der Waals surface area contributed by atoms with Gasteiger partial charge in [0.05, 0.1) is 33.1 Å². The van der Waals surface area contributed by atoms with Gasteiger partial charge in [0.25, 0.3) is 17.5 Å². The van der Waals surface area contributed by atoms with E-state index in [1.54, 1.807) is 6.92 Å². The SMILES string of the molecule is CCOC(=O)c1c(NC(=O)c2ccc(COc3cc([N+](=O)[O-])ccc3Cl)o2)sc(C(N)=O)c1C. The van der Waals surface area contributed by atoms with Crippen molar-refractivity contribution < 1.29 is 33.2 Å². The standard InChI is InChI=1S/C21H18ClN3O8S/c1-3-31-21(28)16-10(2)17(18(23)26)34-20(16)24-19(27)14-7-5-12(33-14)9-32-15-8-11(25(29)30)4-6-13(15)22/h4-8H,3,9H2,1-2H3,(H2,23,26)(H,24,27). The Morgan fingerprint density at radius 2 is 2.00 bits per heavy atom. The molecule has 0 aliphatic heterocycles. The van der Waals surface area contributed by atoms with E-state index < -0.39 is 22.7 Å². The third-order valence-electron chi connectivity index (χ3n) is 4.46. The van der Waals surface area contributed by atoms with Gasteiger partial charge in [0.2, 0.25) is 0 Å². The summed E-state index contributed by atoms with van der Waals surface area (Å²) in [6.45, 7) is 3.09. The fourth-order valence-corrected chi connectivity index (χ4v) is 4.11. The second-order valence-electron chi connectivity index (χ2n) is 6.73. The minimum absolute atomic E-state index is 0.0319. The lowest BCUT2D eigenvalue weighted by Gasteiger charge is -2.07. The van der Waals surface area contributed by atoms with Crippen LogP contribution in [0.4, 0.5) is 10.7 Å². The molecule has 2 amide bonds. The summed E-state index contributed by atoms with van der Waals surface area (Å²) in [5.74, 6) is -1.94. The maximum Gasteiger partial charge on any atom is 0.341 e. The highest BCUT2D eigenvalue weighted by Gasteiger charge is 2.26. The molecule has 11 nitrogen and oxygen atoms in total. The summed E-state index contributed by atoms with van der Waals surface area (Å²) < 4.78 is 16.0. The van der Waals surface area contributed by atoms with Crippen LogP contribution in [0.5, 0.6) is 5.75 Å². The predicted molar refractivity (Wildman–Crippen MR) is 123 cm³/mol. The smallest absolute Gasteiger partial charge is 0.341 e. The zero-order chi connectivity index (χ0) is 25.0. The Morgan fingerprint density at radius 1 is 1.26 bits per heavy atom. The van der Waals surface area contributed by atoms with E-state index in [0.29, 0.717) is 5.56 Å². The molecule has 0 saturated heterocycles. The van der Waals surface area contributed by atoms with E-state index in [2.05, 4.69) is 5.32 Å². The van der Waals surface area contributed by atoms with Crippen LogP contribution in [0.3, 0.4) is 0 Å². The fourth-order valence-electron chi connectivity index (χ4n) is 2.89. The number of nitro groups is 1. The number of non-ortho nitro benzene ring substituents is 1. The van der Waals surface area contributed by atoms with Gasteiger partial charge in [-0.15, -0.1) is 11.3 Å². The Hall–Kier alpha value is -3.90. The van der Waals surface area contributed by atoms with E-state index in [0.717, 1.165) is 11.3 Å². The van der Waals surface area contributed by atoms with E-state index >= 15 is 0 Å². The number of nitrogens with two attached hydrogens (primary N) is 1. The van der Waals surface area contributed by atoms with E-state index in [-0.39, 0.29) is 56.6 Å². The summed E-state index contributed by atoms with van der Waals surface area (Å²) >= 11 is 6.85. The molecule has 2 aromatic heterocycles. The minimum Gasteiger partial charge on any atom is -0.484 e. The first-order chi connectivity index (χ1) is 16.1. The third kappa shape index (κ3) is 5.35. The predicted octanol–water partition coefficient (Wildman–Crippen LogP) is 4.32. The summed E-state index contributed by atoms with van der Waals surface area (Å²) in [7, 11) is 0. The number of anilines is 1. The van der Waals surface area contributed by atoms with Gasteiger partial charge in [-0.3, -0.25) is 19.7 Å². The van der Waals surface area contributed by atoms with Crippen molar-refractivity contribution in [1.82, 2.24) is 0 Å². The second-order valence-corrected chi connectivity index (χ2v) is 8.15. The van der Waals surface area contributed by atoms with Crippen LogP contribution >= 0.6 is 22.9 Å². The van der Waals surface area contributed by atoms with Crippen LogP contribution in [0.15, 0.2) is 34.7 Å². The van der Waals surface area contributed by atoms with Crippen molar-refractivity contribution in [2.75, 3.05) is 11.9 Å². The molecule has 0 atom stereocenters. The molecule has 0 unspecified atom stereocenters. The first kappa shape index (κ1) is 24.7. The average Bonchev–Trinajstić information content (AvgIpc) is 3.37. The van der Waals surface area contributed by atoms with Crippen LogP contribution in [0.1, 0.15) is 48.8 Å². The summed E-state index contributed by atoms with van der Waals surface area (Å²) in [5, 5.41) is 13.7. The van der Waals surface area contributed by atoms with E-state index in [4.69, 9.17) is 31.2 Å². The molecule has 1 aromatic carbocycles. The molecule has 0 spiro atoms. The number of furan rings is 1. The van der Waals surface area contributed by atoms with Crippen molar-refractivity contribution in [3.63, 3.8) is 0 Å². The Balaban J connectivity index is 1.76. The molecule has 0 aliphatic carbocycles. The van der Waals surface area contributed by atoms with Crippen LogP contribution in [0.2, 0.25) is 5.02 Å². The molecule has 13 heteroatoms. The molecular formula is C21H18ClN3O8S. The van der Waals surface area contributed by atoms with Gasteiger partial charge in [0, 0.05) is 6.07 Å². The average molecular weight is 508 g/mol. The number of thiophene rings is 1. The zero-order valence-corrected chi connectivity index (χ0v) is 19.5. The number of nitrogens with one attached hydrogen (secondary N) is 1. The number of nitrogens with zero attached hydrogens (tertiary/aromatic N) is 1. The topological polar surface area (TPSA) is 164 Å². The number of primary amides is 1. The molecule has 0 fully saturated rings. The van der Waals surface area contributed by atoms with Crippen molar-refractivity contribution >= 4 is 51.4 Å². The summed E-state index contributed by atoms with van der Waals surface area (Å²) in [6, 6.07) is 6.60. The van der Waals surface area contributed by atoms with Crippen molar-refractivity contribution in [3.8, 4) is 5.75 Å². The zero-order valence-electron chi connectivity index (χ0n) is 17.9. The third-order valence-corrected chi connectivity index (χ3v) is 5.99. The molecule has 0 saturated carbocycles. The molecule has 34 heavy (non-hydrogen) atoms. The van der Waals surface area contributed by atoms with Crippen LogP contribution in [0.25, 0.3) is 0 Å². The first-order valence-electron chi connectivity index (χ1n) is 9.69. The van der Waals surface area contributed by atoms with Crippen LogP contribution in [0, 0.1) is 17.0 Å². The van der Waals surface area contributed by atoms with Gasteiger partial charge in [0.1, 0.15) is 23.1 Å². The van der Waals surface area contributed by atoms with Crippen molar-refractivity contribution in [2.24, 2.45) is 5.73 Å². The number of carbonyl (C=O) groups excluding carboxylic acids is 3. The highest BCUT2D eigenvalue weighted by atomic mass is 35.5. The number of nitro benzene ring substituents is 1. The molecule has 0 bridgehead atoms. The lowest BCUT2D eigenvalue weighted by Crippen LogP contribution is -2.14. The Bertz CT molecular complexity index is 1280. The second kappa shape index (κ2) is 10.4. The molecule has 0 radical (unpaired) electrons. The van der Waals surface area contributed by atoms with Gasteiger partial charge < -0.3 is 24.9 Å². The number of hydrogen-bond acceptors (Lipinski definition) is 9. The van der Waals surface area contributed by atoms with E-state index in [1.165, 1.54) is 37.3 Å². The van der Waals surface area contributed by atoms with Crippen molar-refractivity contribution in [3.05, 3.63) is 73.0 Å². The summed E-state index contributed by atoms with van der Waals surface area (Å²) in [4.78, 5) is 47.2. The molecule has 3 N–H and O–H groups in total. The molecular weight excluding hydrogens is 490 g/mol. The quantitative estimate of drug-likeness (QED) is 0.245. The highest BCUT2D eigenvalue weighted by Crippen LogP contribution is 2.34. The summed E-state index contributed by atoms with van der Waals surface area (Å²) in [6.07, 6.45) is 0. The molecule has 3 aromatic rings. The van der Waals surface area contributed by atoms with Crippen LogP contribution in [-0.4, -0.2) is 29.3 Å². The first-order valence-corrected chi connectivity index (χ1v) is 10.9. The number of amides is 2. The number of esters is 1. The Labute approximate surface area is 201 Å².